The van der Waals surface area contributed by atoms with Crippen molar-refractivity contribution in [3.05, 3.63) is 54.1 Å². The molecule has 1 aliphatic rings. The number of amides is 1. The molecule has 1 N–H and O–H groups in total. The van der Waals surface area contributed by atoms with Crippen LogP contribution in [0.4, 0.5) is 11.5 Å². The average Bonchev–Trinajstić information content (AvgIpc) is 3.25. The zero-order valence-electron chi connectivity index (χ0n) is 14.9. The van der Waals surface area contributed by atoms with Crippen LogP contribution in [-0.4, -0.2) is 60.4 Å². The van der Waals surface area contributed by atoms with Gasteiger partial charge in [-0.25, -0.2) is 4.98 Å². The number of hydrogen-bond acceptors (Lipinski definition) is 7. The molecule has 0 radical (unpaired) electrons. The number of fused-ring (bicyclic) bond motifs is 3. The summed E-state index contributed by atoms with van der Waals surface area (Å²) in [6.07, 6.45) is 0. The van der Waals surface area contributed by atoms with Crippen molar-refractivity contribution in [3.8, 4) is 0 Å². The number of carbonyl (C=O) groups is 1. The van der Waals surface area contributed by atoms with Gasteiger partial charge in [0.15, 0.2) is 5.82 Å². The summed E-state index contributed by atoms with van der Waals surface area (Å²) in [5, 5.41) is 15.2. The number of nitrogens with zero attached hydrogens (tertiary/aromatic N) is 6. The lowest BCUT2D eigenvalue weighted by molar-refractivity contribution is 0.0772. The summed E-state index contributed by atoms with van der Waals surface area (Å²) in [4.78, 5) is 19.2. The monoisotopic (exact) mass is 391 g/mol. The van der Waals surface area contributed by atoms with E-state index < -0.39 is 0 Å². The van der Waals surface area contributed by atoms with Crippen molar-refractivity contribution in [2.75, 3.05) is 29.9 Å². The zero-order chi connectivity index (χ0) is 18.9. The van der Waals surface area contributed by atoms with Crippen molar-refractivity contribution in [3.63, 3.8) is 0 Å². The Morgan fingerprint density at radius 2 is 1.82 bits per heavy atom. The van der Waals surface area contributed by atoms with E-state index in [2.05, 4.69) is 25.8 Å². The molecule has 1 aliphatic heterocycles. The number of benzene rings is 2. The number of hydrogen-bond donors (Lipinski definition) is 1. The molecule has 28 heavy (non-hydrogen) atoms. The maximum Gasteiger partial charge on any atom is 0.253 e. The summed E-state index contributed by atoms with van der Waals surface area (Å²) in [6, 6.07) is 15.1. The fourth-order valence-corrected chi connectivity index (χ4v) is 4.17. The third-order valence-corrected chi connectivity index (χ3v) is 5.66. The fourth-order valence-electron chi connectivity index (χ4n) is 3.27. The second-order valence-electron chi connectivity index (χ2n) is 6.47. The molecule has 8 nitrogen and oxygen atoms in total. The summed E-state index contributed by atoms with van der Waals surface area (Å²) in [7, 11) is 0. The lowest BCUT2D eigenvalue weighted by Crippen LogP contribution is -2.37. The number of tetrazole rings is 1. The molecule has 9 heteroatoms. The molecule has 2 aromatic carbocycles. The summed E-state index contributed by atoms with van der Waals surface area (Å²) in [5.74, 6) is 2.65. The third-order valence-electron chi connectivity index (χ3n) is 4.72. The molecule has 0 atom stereocenters. The SMILES string of the molecule is O=C(c1ccc(Nc2nc3ccccc3n3nnnc23)cc1)N1CCSCC1. The van der Waals surface area contributed by atoms with Gasteiger partial charge in [0.05, 0.1) is 11.0 Å². The van der Waals surface area contributed by atoms with Crippen molar-refractivity contribution in [1.29, 1.82) is 0 Å². The van der Waals surface area contributed by atoms with E-state index in [0.29, 0.717) is 17.0 Å². The number of anilines is 2. The minimum Gasteiger partial charge on any atom is -0.337 e. The van der Waals surface area contributed by atoms with Crippen LogP contribution in [0, 0.1) is 0 Å². The Bertz CT molecular complexity index is 1150. The van der Waals surface area contributed by atoms with Crippen molar-refractivity contribution in [1.82, 2.24) is 29.9 Å². The maximum absolute atomic E-state index is 12.6. The van der Waals surface area contributed by atoms with E-state index in [-0.39, 0.29) is 5.91 Å². The molecular formula is C19H17N7OS. The van der Waals surface area contributed by atoms with Crippen molar-refractivity contribution in [2.45, 2.75) is 0 Å². The van der Waals surface area contributed by atoms with Crippen LogP contribution in [0.25, 0.3) is 16.7 Å². The molecule has 5 rings (SSSR count). The van der Waals surface area contributed by atoms with Crippen LogP contribution in [-0.2, 0) is 0 Å². The van der Waals surface area contributed by atoms with E-state index in [1.54, 1.807) is 4.52 Å². The molecule has 2 aromatic heterocycles. The fraction of sp³-hybridized carbons (Fsp3) is 0.211. The second kappa shape index (κ2) is 7.08. The predicted molar refractivity (Wildman–Crippen MR) is 109 cm³/mol. The second-order valence-corrected chi connectivity index (χ2v) is 7.70. The quantitative estimate of drug-likeness (QED) is 0.574. The smallest absolute Gasteiger partial charge is 0.253 e. The molecule has 0 spiro atoms. The molecule has 0 bridgehead atoms. The first-order valence-electron chi connectivity index (χ1n) is 9.00. The first kappa shape index (κ1) is 16.9. The average molecular weight is 391 g/mol. The number of thioether (sulfide) groups is 1. The molecule has 1 saturated heterocycles. The number of carbonyl (C=O) groups excluding carboxylic acids is 1. The normalized spacial score (nSPS) is 14.5. The van der Waals surface area contributed by atoms with Crippen LogP contribution >= 0.6 is 11.8 Å². The van der Waals surface area contributed by atoms with Gasteiger partial charge in [-0.05, 0) is 46.8 Å². The number of para-hydroxylation sites is 2. The Morgan fingerprint density at radius 3 is 2.64 bits per heavy atom. The largest absolute Gasteiger partial charge is 0.337 e. The third kappa shape index (κ3) is 3.03. The lowest BCUT2D eigenvalue weighted by Gasteiger charge is -2.26. The Balaban J connectivity index is 1.43. The van der Waals surface area contributed by atoms with Gasteiger partial charge in [0.1, 0.15) is 0 Å². The summed E-state index contributed by atoms with van der Waals surface area (Å²) in [6.45, 7) is 1.62. The molecule has 0 unspecified atom stereocenters. The van der Waals surface area contributed by atoms with E-state index in [4.69, 9.17) is 0 Å². The zero-order valence-corrected chi connectivity index (χ0v) is 15.8. The minimum atomic E-state index is 0.0831. The molecular weight excluding hydrogens is 374 g/mol. The van der Waals surface area contributed by atoms with Crippen LogP contribution in [0.1, 0.15) is 10.4 Å². The van der Waals surface area contributed by atoms with Crippen LogP contribution < -0.4 is 5.32 Å². The number of nitrogens with one attached hydrogen (secondary N) is 1. The van der Waals surface area contributed by atoms with Crippen LogP contribution in [0.2, 0.25) is 0 Å². The highest BCUT2D eigenvalue weighted by atomic mass is 32.2. The Kier molecular flexibility index (Phi) is 4.28. The highest BCUT2D eigenvalue weighted by Crippen LogP contribution is 2.23. The van der Waals surface area contributed by atoms with Crippen LogP contribution in [0.15, 0.2) is 48.5 Å². The maximum atomic E-state index is 12.6. The van der Waals surface area contributed by atoms with Gasteiger partial charge in [0, 0.05) is 35.8 Å². The Hall–Kier alpha value is -3.20. The standard InChI is InChI=1S/C19H17N7OS/c27-19(25-9-11-28-12-10-25)13-5-7-14(8-6-13)20-17-18-22-23-24-26(18)16-4-2-1-3-15(16)21-17/h1-8H,9-12H2,(H,20,21). The van der Waals surface area contributed by atoms with Crippen molar-refractivity contribution >= 4 is 45.9 Å². The summed E-state index contributed by atoms with van der Waals surface area (Å²) >= 11 is 1.89. The van der Waals surface area contributed by atoms with Gasteiger partial charge in [-0.1, -0.05) is 12.1 Å². The van der Waals surface area contributed by atoms with E-state index in [1.165, 1.54) is 0 Å². The van der Waals surface area contributed by atoms with E-state index in [9.17, 15) is 4.79 Å². The highest BCUT2D eigenvalue weighted by Gasteiger charge is 2.18. The Morgan fingerprint density at radius 1 is 1.04 bits per heavy atom. The van der Waals surface area contributed by atoms with Crippen LogP contribution in [0.5, 0.6) is 0 Å². The molecule has 1 amide bonds. The molecule has 0 saturated carbocycles. The van der Waals surface area contributed by atoms with E-state index in [1.807, 2.05) is 65.2 Å². The number of aromatic nitrogens is 5. The first-order chi connectivity index (χ1) is 13.8. The molecule has 140 valence electrons. The van der Waals surface area contributed by atoms with Gasteiger partial charge in [-0.15, -0.1) is 5.10 Å². The van der Waals surface area contributed by atoms with Gasteiger partial charge in [-0.3, -0.25) is 4.79 Å². The molecule has 0 aliphatic carbocycles. The van der Waals surface area contributed by atoms with Crippen molar-refractivity contribution < 1.29 is 4.79 Å². The van der Waals surface area contributed by atoms with Gasteiger partial charge in [-0.2, -0.15) is 16.3 Å². The minimum absolute atomic E-state index is 0.0831. The first-order valence-corrected chi connectivity index (χ1v) is 10.2. The van der Waals surface area contributed by atoms with Gasteiger partial charge in [0.25, 0.3) is 5.91 Å². The number of rotatable bonds is 3. The topological polar surface area (TPSA) is 88.3 Å². The van der Waals surface area contributed by atoms with Gasteiger partial charge >= 0.3 is 0 Å². The molecule has 3 heterocycles. The van der Waals surface area contributed by atoms with Crippen molar-refractivity contribution in [2.24, 2.45) is 0 Å². The van der Waals surface area contributed by atoms with Gasteiger partial charge < -0.3 is 10.2 Å². The summed E-state index contributed by atoms with van der Waals surface area (Å²) < 4.78 is 1.66. The van der Waals surface area contributed by atoms with Gasteiger partial charge in [0.2, 0.25) is 5.65 Å². The highest BCUT2D eigenvalue weighted by molar-refractivity contribution is 7.99. The van der Waals surface area contributed by atoms with E-state index >= 15 is 0 Å². The molecule has 4 aromatic rings. The predicted octanol–water partition coefficient (Wildman–Crippen LogP) is 2.61. The molecule has 1 fully saturated rings. The Labute approximate surface area is 164 Å². The summed E-state index contributed by atoms with van der Waals surface area (Å²) in [5.41, 5.74) is 3.69. The van der Waals surface area contributed by atoms with E-state index in [0.717, 1.165) is 41.3 Å². The lowest BCUT2D eigenvalue weighted by atomic mass is 10.1. The van der Waals surface area contributed by atoms with Crippen LogP contribution in [0.3, 0.4) is 0 Å².